The Hall–Kier alpha value is -0.510. The van der Waals surface area contributed by atoms with Gasteiger partial charge in [0.15, 0.2) is 0 Å². The molecule has 1 heterocycles. The van der Waals surface area contributed by atoms with Crippen LogP contribution in [0, 0.1) is 0 Å². The SMILES string of the molecule is COCC(C)N(C)CC1CSc2ccccc21. The molecule has 2 rings (SSSR count). The summed E-state index contributed by atoms with van der Waals surface area (Å²) in [6.07, 6.45) is 0. The smallest absolute Gasteiger partial charge is 0.0615 e. The van der Waals surface area contributed by atoms with Gasteiger partial charge in [-0.1, -0.05) is 18.2 Å². The number of rotatable bonds is 5. The van der Waals surface area contributed by atoms with Crippen LogP contribution < -0.4 is 0 Å². The number of methoxy groups -OCH3 is 1. The highest BCUT2D eigenvalue weighted by Crippen LogP contribution is 2.39. The summed E-state index contributed by atoms with van der Waals surface area (Å²) in [6.45, 7) is 4.14. The molecule has 0 aromatic heterocycles. The predicted molar refractivity (Wildman–Crippen MR) is 73.9 cm³/mol. The molecule has 1 aromatic carbocycles. The minimum absolute atomic E-state index is 0.484. The van der Waals surface area contributed by atoms with Gasteiger partial charge in [-0.25, -0.2) is 0 Å². The third-order valence-electron chi connectivity index (χ3n) is 3.47. The van der Waals surface area contributed by atoms with Gasteiger partial charge in [-0.15, -0.1) is 11.8 Å². The Morgan fingerprint density at radius 3 is 3.00 bits per heavy atom. The minimum atomic E-state index is 0.484. The van der Waals surface area contributed by atoms with Crippen LogP contribution in [0.5, 0.6) is 0 Å². The fraction of sp³-hybridized carbons (Fsp3) is 0.571. The first-order valence-electron chi connectivity index (χ1n) is 6.13. The van der Waals surface area contributed by atoms with E-state index in [0.717, 1.165) is 13.2 Å². The first kappa shape index (κ1) is 12.9. The maximum absolute atomic E-state index is 5.21. The van der Waals surface area contributed by atoms with Gasteiger partial charge in [0.2, 0.25) is 0 Å². The van der Waals surface area contributed by atoms with Crippen molar-refractivity contribution in [1.82, 2.24) is 4.90 Å². The van der Waals surface area contributed by atoms with E-state index in [4.69, 9.17) is 4.74 Å². The van der Waals surface area contributed by atoms with Crippen LogP contribution in [0.2, 0.25) is 0 Å². The van der Waals surface area contributed by atoms with E-state index < -0.39 is 0 Å². The molecule has 17 heavy (non-hydrogen) atoms. The summed E-state index contributed by atoms with van der Waals surface area (Å²) in [5.74, 6) is 1.88. The fourth-order valence-corrected chi connectivity index (χ4v) is 3.52. The lowest BCUT2D eigenvalue weighted by Gasteiger charge is -2.27. The normalized spacial score (nSPS) is 20.6. The summed E-state index contributed by atoms with van der Waals surface area (Å²) in [5.41, 5.74) is 1.52. The number of fused-ring (bicyclic) bond motifs is 1. The van der Waals surface area contributed by atoms with Crippen molar-refractivity contribution in [2.75, 3.05) is 33.1 Å². The molecule has 0 aliphatic carbocycles. The molecule has 1 aromatic rings. The van der Waals surface area contributed by atoms with E-state index in [1.165, 1.54) is 16.2 Å². The maximum Gasteiger partial charge on any atom is 0.0615 e. The number of likely N-dealkylation sites (N-methyl/N-ethyl adjacent to an activating group) is 1. The lowest BCUT2D eigenvalue weighted by atomic mass is 10.0. The van der Waals surface area contributed by atoms with Gasteiger partial charge in [-0.05, 0) is 25.6 Å². The third-order valence-corrected chi connectivity index (χ3v) is 4.72. The Bertz CT molecular complexity index is 369. The van der Waals surface area contributed by atoms with Crippen LogP contribution in [0.15, 0.2) is 29.2 Å². The van der Waals surface area contributed by atoms with Crippen LogP contribution in [-0.4, -0.2) is 44.0 Å². The van der Waals surface area contributed by atoms with Gasteiger partial charge in [0.05, 0.1) is 6.61 Å². The first-order valence-corrected chi connectivity index (χ1v) is 7.12. The molecule has 0 spiro atoms. The molecule has 2 atom stereocenters. The molecule has 1 aliphatic rings. The second-order valence-corrected chi connectivity index (χ2v) is 5.85. The van der Waals surface area contributed by atoms with Crippen molar-refractivity contribution in [3.8, 4) is 0 Å². The number of thioether (sulfide) groups is 1. The molecule has 0 saturated heterocycles. The highest BCUT2D eigenvalue weighted by molar-refractivity contribution is 7.99. The van der Waals surface area contributed by atoms with Gasteiger partial charge in [-0.3, -0.25) is 0 Å². The molecule has 1 aliphatic heterocycles. The average Bonchev–Trinajstić information content (AvgIpc) is 2.73. The molecule has 0 fully saturated rings. The zero-order valence-corrected chi connectivity index (χ0v) is 11.7. The first-order chi connectivity index (χ1) is 8.22. The Labute approximate surface area is 108 Å². The molecule has 94 valence electrons. The molecule has 0 saturated carbocycles. The van der Waals surface area contributed by atoms with E-state index >= 15 is 0 Å². The predicted octanol–water partition coefficient (Wildman–Crippen LogP) is 2.84. The lowest BCUT2D eigenvalue weighted by molar-refractivity contribution is 0.113. The van der Waals surface area contributed by atoms with Crippen molar-refractivity contribution >= 4 is 11.8 Å². The van der Waals surface area contributed by atoms with E-state index in [-0.39, 0.29) is 0 Å². The summed E-state index contributed by atoms with van der Waals surface area (Å²) in [6, 6.07) is 9.27. The van der Waals surface area contributed by atoms with Gasteiger partial charge in [0.25, 0.3) is 0 Å². The van der Waals surface area contributed by atoms with Crippen molar-refractivity contribution in [2.24, 2.45) is 0 Å². The maximum atomic E-state index is 5.21. The van der Waals surface area contributed by atoms with Crippen LogP contribution in [0.1, 0.15) is 18.4 Å². The minimum Gasteiger partial charge on any atom is -0.383 e. The topological polar surface area (TPSA) is 12.5 Å². The molecule has 3 heteroatoms. The number of nitrogens with zero attached hydrogens (tertiary/aromatic N) is 1. The number of benzene rings is 1. The van der Waals surface area contributed by atoms with E-state index in [0.29, 0.717) is 12.0 Å². The van der Waals surface area contributed by atoms with E-state index in [1.54, 1.807) is 7.11 Å². The van der Waals surface area contributed by atoms with Crippen LogP contribution >= 0.6 is 11.8 Å². The Morgan fingerprint density at radius 1 is 1.47 bits per heavy atom. The molecular formula is C14H21NOS. The molecule has 0 bridgehead atoms. The van der Waals surface area contributed by atoms with Crippen molar-refractivity contribution < 1.29 is 4.74 Å². The lowest BCUT2D eigenvalue weighted by Crippen LogP contribution is -2.35. The highest BCUT2D eigenvalue weighted by Gasteiger charge is 2.24. The van der Waals surface area contributed by atoms with Gasteiger partial charge < -0.3 is 9.64 Å². The molecule has 2 unspecified atom stereocenters. The Balaban J connectivity index is 1.97. The second-order valence-electron chi connectivity index (χ2n) is 4.79. The largest absolute Gasteiger partial charge is 0.383 e. The second kappa shape index (κ2) is 5.89. The number of hydrogen-bond donors (Lipinski definition) is 0. The van der Waals surface area contributed by atoms with Gasteiger partial charge in [-0.2, -0.15) is 0 Å². The summed E-state index contributed by atoms with van der Waals surface area (Å²) in [5, 5.41) is 0. The summed E-state index contributed by atoms with van der Waals surface area (Å²) in [7, 11) is 3.96. The number of hydrogen-bond acceptors (Lipinski definition) is 3. The van der Waals surface area contributed by atoms with Crippen LogP contribution in [-0.2, 0) is 4.74 Å². The Morgan fingerprint density at radius 2 is 2.24 bits per heavy atom. The van der Waals surface area contributed by atoms with Crippen LogP contribution in [0.3, 0.4) is 0 Å². The average molecular weight is 251 g/mol. The zero-order chi connectivity index (χ0) is 12.3. The summed E-state index contributed by atoms with van der Waals surface area (Å²) >= 11 is 1.99. The van der Waals surface area contributed by atoms with Crippen molar-refractivity contribution in [2.45, 2.75) is 23.8 Å². The standard InChI is InChI=1S/C14H21NOS/c1-11(9-16-3)15(2)8-12-10-17-14-7-5-4-6-13(12)14/h4-7,11-12H,8-10H2,1-3H3. The van der Waals surface area contributed by atoms with E-state index in [2.05, 4.69) is 43.1 Å². The van der Waals surface area contributed by atoms with Gasteiger partial charge in [0, 0.05) is 36.3 Å². The zero-order valence-electron chi connectivity index (χ0n) is 10.8. The van der Waals surface area contributed by atoms with Gasteiger partial charge >= 0.3 is 0 Å². The van der Waals surface area contributed by atoms with Crippen LogP contribution in [0.4, 0.5) is 0 Å². The third kappa shape index (κ3) is 3.03. The summed E-state index contributed by atoms with van der Waals surface area (Å²) in [4.78, 5) is 3.86. The molecule has 2 nitrogen and oxygen atoms in total. The molecule has 0 N–H and O–H groups in total. The molecule has 0 radical (unpaired) electrons. The van der Waals surface area contributed by atoms with Crippen molar-refractivity contribution in [3.63, 3.8) is 0 Å². The van der Waals surface area contributed by atoms with Gasteiger partial charge in [0.1, 0.15) is 0 Å². The molecule has 0 amide bonds. The summed E-state index contributed by atoms with van der Waals surface area (Å²) < 4.78 is 5.21. The van der Waals surface area contributed by atoms with Crippen LogP contribution in [0.25, 0.3) is 0 Å². The quantitative estimate of drug-likeness (QED) is 0.798. The molecular weight excluding hydrogens is 230 g/mol. The highest BCUT2D eigenvalue weighted by atomic mass is 32.2. The number of ether oxygens (including phenoxy) is 1. The van der Waals surface area contributed by atoms with E-state index in [1.807, 2.05) is 11.8 Å². The monoisotopic (exact) mass is 251 g/mol. The van der Waals surface area contributed by atoms with Crippen molar-refractivity contribution in [1.29, 1.82) is 0 Å². The van der Waals surface area contributed by atoms with Crippen molar-refractivity contribution in [3.05, 3.63) is 29.8 Å². The Kier molecular flexibility index (Phi) is 4.48. The van der Waals surface area contributed by atoms with E-state index in [9.17, 15) is 0 Å². The fourth-order valence-electron chi connectivity index (χ4n) is 2.28.